The molecule has 0 aromatic heterocycles. The van der Waals surface area contributed by atoms with Gasteiger partial charge in [-0.3, -0.25) is 19.9 Å². The number of hydrogen-bond acceptors (Lipinski definition) is 5. The van der Waals surface area contributed by atoms with Gasteiger partial charge in [0, 0.05) is 12.1 Å². The molecule has 1 saturated heterocycles. The van der Waals surface area contributed by atoms with Crippen molar-refractivity contribution < 1.29 is 14.8 Å². The summed E-state index contributed by atoms with van der Waals surface area (Å²) in [6.45, 7) is 3.80. The summed E-state index contributed by atoms with van der Waals surface area (Å²) in [6, 6.07) is 6.56. The average molecular weight is 371 g/mol. The molecule has 7 nitrogen and oxygen atoms in total. The largest absolute Gasteiger partial charge is 0.390 e. The Kier molecular flexibility index (Phi) is 3.28. The lowest BCUT2D eigenvalue weighted by molar-refractivity contribution is -0.384. The van der Waals surface area contributed by atoms with Crippen LogP contribution in [0.2, 0.25) is 0 Å². The lowest BCUT2D eigenvalue weighted by Crippen LogP contribution is -2.80. The van der Waals surface area contributed by atoms with Crippen molar-refractivity contribution >= 4 is 17.3 Å². The molecule has 0 radical (unpaired) electrons. The van der Waals surface area contributed by atoms with Crippen molar-refractivity contribution in [1.29, 1.82) is 0 Å². The molecule has 5 aliphatic rings. The summed E-state index contributed by atoms with van der Waals surface area (Å²) < 4.78 is 0. The van der Waals surface area contributed by atoms with Crippen LogP contribution in [-0.4, -0.2) is 38.1 Å². The number of anilines is 1. The number of amides is 1. The first-order valence-corrected chi connectivity index (χ1v) is 9.80. The minimum atomic E-state index is -0.665. The van der Waals surface area contributed by atoms with Gasteiger partial charge in [-0.2, -0.15) is 0 Å². The highest BCUT2D eigenvalue weighted by atomic mass is 16.6. The fourth-order valence-corrected chi connectivity index (χ4v) is 6.47. The molecule has 7 heteroatoms. The maximum Gasteiger partial charge on any atom is 0.269 e. The molecule has 144 valence electrons. The van der Waals surface area contributed by atoms with Gasteiger partial charge in [-0.15, -0.1) is 0 Å². The molecule has 1 aliphatic heterocycles. The van der Waals surface area contributed by atoms with Gasteiger partial charge in [0.05, 0.1) is 22.3 Å². The van der Waals surface area contributed by atoms with Crippen LogP contribution < -0.4 is 5.01 Å². The molecule has 1 N–H and O–H groups in total. The number of aliphatic hydroxyl groups is 1. The first-order chi connectivity index (χ1) is 12.7. The molecule has 6 rings (SSSR count). The van der Waals surface area contributed by atoms with Crippen LogP contribution >= 0.6 is 0 Å². The zero-order valence-electron chi connectivity index (χ0n) is 15.7. The molecule has 1 aromatic carbocycles. The third-order valence-corrected chi connectivity index (χ3v) is 7.26. The van der Waals surface area contributed by atoms with Crippen molar-refractivity contribution in [3.8, 4) is 0 Å². The van der Waals surface area contributed by atoms with Crippen molar-refractivity contribution in [2.75, 3.05) is 5.01 Å². The topological polar surface area (TPSA) is 86.9 Å². The first kappa shape index (κ1) is 17.0. The summed E-state index contributed by atoms with van der Waals surface area (Å²) >= 11 is 0. The number of hydrogen-bond donors (Lipinski definition) is 1. The summed E-state index contributed by atoms with van der Waals surface area (Å²) in [4.78, 5) is 23.6. The number of rotatable bonds is 3. The summed E-state index contributed by atoms with van der Waals surface area (Å²) in [5.74, 6) is 1.36. The molecule has 1 amide bonds. The number of carbonyl (C=O) groups is 1. The Labute approximate surface area is 158 Å². The molecule has 1 heterocycles. The lowest BCUT2D eigenvalue weighted by Gasteiger charge is -2.67. The molecule has 0 spiro atoms. The molecular weight excluding hydrogens is 346 g/mol. The van der Waals surface area contributed by atoms with E-state index in [1.54, 1.807) is 12.1 Å². The second kappa shape index (κ2) is 5.22. The number of carbonyl (C=O) groups excluding carboxylic acids is 1. The standard InChI is InChI=1S/C20H25N3O4/c1-19(2)18(24)21(22(19)15-3-5-16(6-4-15)23(26)27)17-13-7-12-8-14(17)11-20(25,9-12)10-13/h3-6,12-14,17,25H,7-11H2,1-2H3/t12?,13-,14+,17?,20?. The Balaban J connectivity index is 1.48. The monoisotopic (exact) mass is 371 g/mol. The highest BCUT2D eigenvalue weighted by molar-refractivity contribution is 5.98. The maximum atomic E-state index is 13.1. The van der Waals surface area contributed by atoms with Gasteiger partial charge >= 0.3 is 0 Å². The smallest absolute Gasteiger partial charge is 0.269 e. The van der Waals surface area contributed by atoms with Crippen molar-refractivity contribution in [3.63, 3.8) is 0 Å². The quantitative estimate of drug-likeness (QED) is 0.652. The molecule has 27 heavy (non-hydrogen) atoms. The summed E-state index contributed by atoms with van der Waals surface area (Å²) in [5.41, 5.74) is -0.347. The van der Waals surface area contributed by atoms with Gasteiger partial charge in [-0.1, -0.05) is 0 Å². The SMILES string of the molecule is CC1(C)C(=O)N(C2[C@@H]3CC4C[C@H]2CC(O)(C4)C3)N1c1ccc([N+](=O)[O-])cc1. The molecule has 3 unspecified atom stereocenters. The molecule has 5 atom stereocenters. The highest BCUT2D eigenvalue weighted by Crippen LogP contribution is 2.58. The van der Waals surface area contributed by atoms with E-state index in [2.05, 4.69) is 0 Å². The Morgan fingerprint density at radius 1 is 1.11 bits per heavy atom. The van der Waals surface area contributed by atoms with Gasteiger partial charge < -0.3 is 5.11 Å². The van der Waals surface area contributed by atoms with E-state index in [-0.39, 0.29) is 17.6 Å². The van der Waals surface area contributed by atoms with Gasteiger partial charge in [0.15, 0.2) is 0 Å². The second-order valence-corrected chi connectivity index (χ2v) is 9.48. The summed E-state index contributed by atoms with van der Waals surface area (Å²) in [5, 5.41) is 25.7. The van der Waals surface area contributed by atoms with E-state index < -0.39 is 16.1 Å². The van der Waals surface area contributed by atoms with Crippen LogP contribution in [0.4, 0.5) is 11.4 Å². The van der Waals surface area contributed by atoms with Gasteiger partial charge in [-0.05, 0) is 75.8 Å². The second-order valence-electron chi connectivity index (χ2n) is 9.48. The number of benzene rings is 1. The minimum Gasteiger partial charge on any atom is -0.390 e. The van der Waals surface area contributed by atoms with Gasteiger partial charge in [0.25, 0.3) is 11.6 Å². The Bertz CT molecular complexity index is 805. The third-order valence-electron chi connectivity index (χ3n) is 7.26. The van der Waals surface area contributed by atoms with Crippen LogP contribution in [-0.2, 0) is 4.79 Å². The maximum absolute atomic E-state index is 13.1. The zero-order valence-corrected chi connectivity index (χ0v) is 15.7. The van der Waals surface area contributed by atoms with Crippen molar-refractivity contribution in [3.05, 3.63) is 34.4 Å². The predicted octanol–water partition coefficient (Wildman–Crippen LogP) is 2.88. The van der Waals surface area contributed by atoms with Gasteiger partial charge in [0.2, 0.25) is 0 Å². The van der Waals surface area contributed by atoms with E-state index in [4.69, 9.17) is 0 Å². The number of hydrazine groups is 1. The number of non-ortho nitro benzene ring substituents is 1. The van der Waals surface area contributed by atoms with Gasteiger partial charge in [0.1, 0.15) is 5.54 Å². The highest BCUT2D eigenvalue weighted by Gasteiger charge is 2.63. The van der Waals surface area contributed by atoms with E-state index in [0.29, 0.717) is 17.8 Å². The van der Waals surface area contributed by atoms with E-state index in [9.17, 15) is 20.0 Å². The van der Waals surface area contributed by atoms with Crippen molar-refractivity contribution in [2.24, 2.45) is 17.8 Å². The van der Waals surface area contributed by atoms with Crippen LogP contribution in [0.25, 0.3) is 0 Å². The van der Waals surface area contributed by atoms with E-state index in [1.165, 1.54) is 12.1 Å². The molecular formula is C20H25N3O4. The fourth-order valence-electron chi connectivity index (χ4n) is 6.47. The van der Waals surface area contributed by atoms with E-state index >= 15 is 0 Å². The zero-order chi connectivity index (χ0) is 19.1. The first-order valence-electron chi connectivity index (χ1n) is 9.80. The normalized spacial score (nSPS) is 38.9. The fraction of sp³-hybridized carbons (Fsp3) is 0.650. The van der Waals surface area contributed by atoms with E-state index in [1.807, 2.05) is 23.9 Å². The number of nitrogens with zero attached hydrogens (tertiary/aromatic N) is 3. The minimum absolute atomic E-state index is 0.0480. The lowest BCUT2D eigenvalue weighted by atomic mass is 9.52. The molecule has 4 bridgehead atoms. The Hall–Kier alpha value is -2.15. The van der Waals surface area contributed by atoms with Crippen LogP contribution in [0.3, 0.4) is 0 Å². The van der Waals surface area contributed by atoms with E-state index in [0.717, 1.165) is 37.8 Å². The number of nitro groups is 1. The molecule has 5 fully saturated rings. The number of nitro benzene ring substituents is 1. The van der Waals surface area contributed by atoms with Crippen molar-refractivity contribution in [2.45, 2.75) is 63.1 Å². The molecule has 4 saturated carbocycles. The van der Waals surface area contributed by atoms with Crippen LogP contribution in [0, 0.1) is 27.9 Å². The van der Waals surface area contributed by atoms with Crippen LogP contribution in [0.5, 0.6) is 0 Å². The summed E-state index contributed by atoms with van der Waals surface area (Å²) in [7, 11) is 0. The van der Waals surface area contributed by atoms with Gasteiger partial charge in [-0.25, -0.2) is 5.01 Å². The Morgan fingerprint density at radius 2 is 1.70 bits per heavy atom. The van der Waals surface area contributed by atoms with Crippen LogP contribution in [0.1, 0.15) is 46.0 Å². The Morgan fingerprint density at radius 3 is 2.22 bits per heavy atom. The summed E-state index contributed by atoms with van der Waals surface area (Å²) in [6.07, 6.45) is 4.65. The van der Waals surface area contributed by atoms with Crippen molar-refractivity contribution in [1.82, 2.24) is 5.01 Å². The average Bonchev–Trinajstić information content (AvgIpc) is 2.58. The molecule has 4 aliphatic carbocycles. The third kappa shape index (κ3) is 2.27. The predicted molar refractivity (Wildman–Crippen MR) is 98.8 cm³/mol. The van der Waals surface area contributed by atoms with Crippen LogP contribution in [0.15, 0.2) is 24.3 Å². The molecule has 1 aromatic rings.